The van der Waals surface area contributed by atoms with E-state index in [0.29, 0.717) is 28.9 Å². The molecule has 6 heteroatoms. The fourth-order valence-corrected chi connectivity index (χ4v) is 2.62. The Bertz CT molecular complexity index is 982. The van der Waals surface area contributed by atoms with E-state index in [1.165, 1.54) is 37.4 Å². The zero-order valence-corrected chi connectivity index (χ0v) is 15.4. The summed E-state index contributed by atoms with van der Waals surface area (Å²) in [5, 5.41) is 1.08. The lowest BCUT2D eigenvalue weighted by atomic mass is 10.1. The van der Waals surface area contributed by atoms with Crippen LogP contribution < -0.4 is 14.2 Å². The number of methoxy groups -OCH3 is 1. The summed E-state index contributed by atoms with van der Waals surface area (Å²) < 4.78 is 58.5. The number of alkyl halides is 2. The highest BCUT2D eigenvalue weighted by molar-refractivity contribution is 5.85. The molecule has 0 N–H and O–H groups in total. The molecular formula is C22H19F3O3. The molecule has 3 rings (SSSR count). The van der Waals surface area contributed by atoms with Gasteiger partial charge in [0, 0.05) is 0 Å². The van der Waals surface area contributed by atoms with Gasteiger partial charge in [-0.1, -0.05) is 18.2 Å². The molecule has 0 aliphatic carbocycles. The highest BCUT2D eigenvalue weighted by Gasteiger charge is 2.35. The maximum absolute atomic E-state index is 14.5. The molecule has 0 amide bonds. The molecule has 0 atom stereocenters. The third-order valence-corrected chi connectivity index (χ3v) is 4.11. The van der Waals surface area contributed by atoms with Gasteiger partial charge in [0.2, 0.25) is 0 Å². The number of hydrogen-bond acceptors (Lipinski definition) is 3. The van der Waals surface area contributed by atoms with Gasteiger partial charge in [0.15, 0.2) is 11.6 Å². The van der Waals surface area contributed by atoms with Gasteiger partial charge in [0.05, 0.1) is 12.7 Å². The zero-order valence-electron chi connectivity index (χ0n) is 15.4. The van der Waals surface area contributed by atoms with E-state index in [9.17, 15) is 13.2 Å². The Morgan fingerprint density at radius 3 is 2.32 bits per heavy atom. The van der Waals surface area contributed by atoms with E-state index in [4.69, 9.17) is 14.2 Å². The number of hydrogen-bond donors (Lipinski definition) is 0. The van der Waals surface area contributed by atoms with Gasteiger partial charge >= 0.3 is 6.11 Å². The van der Waals surface area contributed by atoms with Gasteiger partial charge in [-0.15, -0.1) is 0 Å². The van der Waals surface area contributed by atoms with E-state index in [0.717, 1.165) is 6.07 Å². The Balaban J connectivity index is 1.82. The van der Waals surface area contributed by atoms with Crippen molar-refractivity contribution in [1.29, 1.82) is 0 Å². The van der Waals surface area contributed by atoms with E-state index in [1.54, 1.807) is 24.3 Å². The molecule has 0 unspecified atom stereocenters. The molecular weight excluding hydrogens is 369 g/mol. The summed E-state index contributed by atoms with van der Waals surface area (Å²) in [6, 6.07) is 12.5. The molecule has 0 aromatic heterocycles. The molecule has 0 aliphatic heterocycles. The smallest absolute Gasteiger partial charge is 0.426 e. The van der Waals surface area contributed by atoms with Crippen LogP contribution in [-0.4, -0.2) is 13.7 Å². The van der Waals surface area contributed by atoms with Crippen LogP contribution in [0.1, 0.15) is 12.5 Å². The van der Waals surface area contributed by atoms with Crippen LogP contribution in [0.25, 0.3) is 10.8 Å². The maximum Gasteiger partial charge on any atom is 0.426 e. The molecule has 0 saturated carbocycles. The van der Waals surface area contributed by atoms with E-state index in [1.807, 2.05) is 13.0 Å². The molecule has 28 heavy (non-hydrogen) atoms. The highest BCUT2D eigenvalue weighted by Crippen LogP contribution is 2.36. The minimum atomic E-state index is -3.71. The van der Waals surface area contributed by atoms with Crippen LogP contribution in [0.3, 0.4) is 0 Å². The van der Waals surface area contributed by atoms with Gasteiger partial charge in [-0.3, -0.25) is 0 Å². The van der Waals surface area contributed by atoms with E-state index in [2.05, 4.69) is 0 Å². The summed E-state index contributed by atoms with van der Waals surface area (Å²) in [5.74, 6) is -0.422. The minimum Gasteiger partial charge on any atom is -0.497 e. The predicted molar refractivity (Wildman–Crippen MR) is 102 cm³/mol. The first-order chi connectivity index (χ1) is 13.4. The van der Waals surface area contributed by atoms with E-state index in [-0.39, 0.29) is 0 Å². The molecule has 3 aromatic carbocycles. The van der Waals surface area contributed by atoms with Gasteiger partial charge in [0.25, 0.3) is 0 Å². The Hall–Kier alpha value is -3.15. The van der Waals surface area contributed by atoms with Gasteiger partial charge in [-0.25, -0.2) is 4.39 Å². The first kappa shape index (κ1) is 19.6. The maximum atomic E-state index is 14.5. The third-order valence-electron chi connectivity index (χ3n) is 4.11. The van der Waals surface area contributed by atoms with Crippen molar-refractivity contribution in [3.63, 3.8) is 0 Å². The van der Waals surface area contributed by atoms with Crippen LogP contribution in [0.4, 0.5) is 13.2 Å². The third kappa shape index (κ3) is 4.39. The van der Waals surface area contributed by atoms with Crippen molar-refractivity contribution >= 4 is 10.8 Å². The summed E-state index contributed by atoms with van der Waals surface area (Å²) in [7, 11) is 1.49. The van der Waals surface area contributed by atoms with Crippen LogP contribution >= 0.6 is 0 Å². The number of benzene rings is 3. The van der Waals surface area contributed by atoms with Crippen molar-refractivity contribution in [3.8, 4) is 17.2 Å². The fraction of sp³-hybridized carbons (Fsp3) is 0.182. The van der Waals surface area contributed by atoms with E-state index < -0.39 is 23.2 Å². The SMILES string of the molecule is C/C=C/COc1ccc(C(F)(F)Oc2cc3ccc(OC)cc3cc2F)cc1. The first-order valence-corrected chi connectivity index (χ1v) is 8.61. The largest absolute Gasteiger partial charge is 0.497 e. The average Bonchev–Trinajstić information content (AvgIpc) is 2.68. The van der Waals surface area contributed by atoms with Gasteiger partial charge in [-0.05, 0) is 66.2 Å². The normalized spacial score (nSPS) is 11.8. The van der Waals surface area contributed by atoms with Crippen molar-refractivity contribution < 1.29 is 27.4 Å². The number of fused-ring (bicyclic) bond motifs is 1. The summed E-state index contributed by atoms with van der Waals surface area (Å²) >= 11 is 0. The van der Waals surface area contributed by atoms with Gasteiger partial charge in [0.1, 0.15) is 18.1 Å². The Kier molecular flexibility index (Phi) is 5.78. The number of halogens is 3. The molecule has 0 bridgehead atoms. The highest BCUT2D eigenvalue weighted by atomic mass is 19.3. The lowest BCUT2D eigenvalue weighted by Gasteiger charge is -2.19. The predicted octanol–water partition coefficient (Wildman–Crippen LogP) is 6.07. The molecule has 0 spiro atoms. The second-order valence-electron chi connectivity index (χ2n) is 6.02. The van der Waals surface area contributed by atoms with Crippen LogP contribution in [0.2, 0.25) is 0 Å². The molecule has 146 valence electrons. The van der Waals surface area contributed by atoms with Gasteiger partial charge in [-0.2, -0.15) is 8.78 Å². The second kappa shape index (κ2) is 8.25. The molecule has 0 heterocycles. The lowest BCUT2D eigenvalue weighted by Crippen LogP contribution is -2.22. The van der Waals surface area contributed by atoms with Crippen molar-refractivity contribution in [2.75, 3.05) is 13.7 Å². The number of ether oxygens (including phenoxy) is 3. The molecule has 3 nitrogen and oxygen atoms in total. The number of rotatable bonds is 7. The van der Waals surface area contributed by atoms with Crippen LogP contribution in [0.15, 0.2) is 66.7 Å². The van der Waals surface area contributed by atoms with Crippen molar-refractivity contribution in [2.45, 2.75) is 13.0 Å². The van der Waals surface area contributed by atoms with Crippen LogP contribution in [0.5, 0.6) is 17.2 Å². The molecule has 0 aliphatic rings. The van der Waals surface area contributed by atoms with Crippen molar-refractivity contribution in [3.05, 3.63) is 78.1 Å². The summed E-state index contributed by atoms with van der Waals surface area (Å²) in [6.07, 6.45) is -0.0862. The molecule has 0 fully saturated rings. The fourth-order valence-electron chi connectivity index (χ4n) is 2.62. The zero-order chi connectivity index (χ0) is 20.1. The lowest BCUT2D eigenvalue weighted by molar-refractivity contribution is -0.186. The second-order valence-corrected chi connectivity index (χ2v) is 6.02. The molecule has 0 saturated heterocycles. The summed E-state index contributed by atoms with van der Waals surface area (Å²) in [6.45, 7) is 2.20. The van der Waals surface area contributed by atoms with E-state index >= 15 is 0 Å². The average molecular weight is 388 g/mol. The number of allylic oxidation sites excluding steroid dienone is 1. The van der Waals surface area contributed by atoms with Gasteiger partial charge < -0.3 is 14.2 Å². The Morgan fingerprint density at radius 1 is 0.929 bits per heavy atom. The van der Waals surface area contributed by atoms with Crippen molar-refractivity contribution in [1.82, 2.24) is 0 Å². The van der Waals surface area contributed by atoms with Crippen LogP contribution in [-0.2, 0) is 6.11 Å². The van der Waals surface area contributed by atoms with Crippen molar-refractivity contribution in [2.24, 2.45) is 0 Å². The molecule has 3 aromatic rings. The van der Waals surface area contributed by atoms with Crippen LogP contribution in [0, 0.1) is 5.82 Å². The quantitative estimate of drug-likeness (QED) is 0.460. The Labute approximate surface area is 161 Å². The summed E-state index contributed by atoms with van der Waals surface area (Å²) in [5.41, 5.74) is -0.403. The summed E-state index contributed by atoms with van der Waals surface area (Å²) in [4.78, 5) is 0. The minimum absolute atomic E-state index is 0.343. The first-order valence-electron chi connectivity index (χ1n) is 8.61. The topological polar surface area (TPSA) is 27.7 Å². The monoisotopic (exact) mass is 388 g/mol. The Morgan fingerprint density at radius 2 is 1.64 bits per heavy atom. The standard InChI is InChI=1S/C22H19F3O3/c1-3-4-11-27-18-9-6-17(7-10-18)22(24,25)28-21-14-15-5-8-19(26-2)12-16(15)13-20(21)23/h3-10,12-14H,11H2,1-2H3/b4-3+. The molecule has 0 radical (unpaired) electrons.